The first-order valence-corrected chi connectivity index (χ1v) is 13.5. The molecular weight excluding hydrogens is 478 g/mol. The first kappa shape index (κ1) is 30.0. The molecule has 0 fully saturated rings. The first-order valence-electron chi connectivity index (χ1n) is 11.2. The lowest BCUT2D eigenvalue weighted by molar-refractivity contribution is -0.141. The fraction of sp³-hybridized carbons (Fsp3) is 0.462. The van der Waals surface area contributed by atoms with E-state index in [1.807, 2.05) is 0 Å². The zero-order valence-electron chi connectivity index (χ0n) is 19.8. The summed E-state index contributed by atoms with van der Waals surface area (Å²) in [6.45, 7) is 2.05. The van der Waals surface area contributed by atoms with E-state index in [1.54, 1.807) is 47.8 Å². The number of carbonyl (C=O) groups is 2. The van der Waals surface area contributed by atoms with Gasteiger partial charge in [0.25, 0.3) is 0 Å². The minimum absolute atomic E-state index is 0.147. The third kappa shape index (κ3) is 15.7. The smallest absolute Gasteiger partial charge is 0.305 e. The minimum atomic E-state index is -0.733. The van der Waals surface area contributed by atoms with Gasteiger partial charge in [0.15, 0.2) is 0 Å². The number of hydrogen-bond acceptors (Lipinski definition) is 5. The van der Waals surface area contributed by atoms with Crippen LogP contribution < -0.4 is 0 Å². The molecule has 0 amide bonds. The zero-order valence-corrected chi connectivity index (χ0v) is 21.4. The van der Waals surface area contributed by atoms with E-state index in [9.17, 15) is 18.4 Å². The molecule has 0 aliphatic rings. The van der Waals surface area contributed by atoms with Crippen molar-refractivity contribution >= 4 is 35.5 Å². The molecule has 0 aliphatic carbocycles. The summed E-state index contributed by atoms with van der Waals surface area (Å²) in [4.78, 5) is 21.3. The number of esters is 1. The quantitative estimate of drug-likeness (QED) is 0.218. The Kier molecular flexibility index (Phi) is 16.1. The zero-order chi connectivity index (χ0) is 25.2. The third-order valence-electron chi connectivity index (χ3n) is 4.79. The number of hydrogen-bond donors (Lipinski definition) is 1. The molecule has 0 heterocycles. The molecule has 0 saturated carbocycles. The molecule has 1 N–H and O–H groups in total. The number of rotatable bonds is 14. The Morgan fingerprint density at radius 3 is 1.85 bits per heavy atom. The van der Waals surface area contributed by atoms with Crippen molar-refractivity contribution in [1.29, 1.82) is 0 Å². The molecule has 0 aromatic heterocycles. The highest BCUT2D eigenvalue weighted by molar-refractivity contribution is 7.98. The summed E-state index contributed by atoms with van der Waals surface area (Å²) in [5.74, 6) is 2.73. The van der Waals surface area contributed by atoms with Crippen LogP contribution in [-0.4, -0.2) is 35.7 Å². The Hall–Kier alpha value is -2.06. The van der Waals surface area contributed by atoms with Crippen LogP contribution in [0.3, 0.4) is 0 Å². The molecule has 2 rings (SSSR count). The maximum absolute atomic E-state index is 12.7. The second-order valence-corrected chi connectivity index (χ2v) is 10.1. The summed E-state index contributed by atoms with van der Waals surface area (Å²) in [5, 5.41) is 8.43. The van der Waals surface area contributed by atoms with Gasteiger partial charge in [0.1, 0.15) is 11.6 Å². The van der Waals surface area contributed by atoms with Crippen molar-refractivity contribution in [3.63, 3.8) is 0 Å². The predicted octanol–water partition coefficient (Wildman–Crippen LogP) is 6.96. The van der Waals surface area contributed by atoms with Gasteiger partial charge in [-0.2, -0.15) is 23.5 Å². The number of halogens is 2. The summed E-state index contributed by atoms with van der Waals surface area (Å²) in [6, 6.07) is 13.0. The number of carbonyl (C=O) groups excluding carboxylic acids is 1. The van der Waals surface area contributed by atoms with Crippen LogP contribution in [0.5, 0.6) is 0 Å². The molecule has 1 unspecified atom stereocenters. The van der Waals surface area contributed by atoms with Crippen molar-refractivity contribution in [2.75, 3.05) is 18.6 Å². The number of methoxy groups -OCH3 is 1. The number of carboxylic acids is 1. The van der Waals surface area contributed by atoms with Crippen molar-refractivity contribution in [1.82, 2.24) is 0 Å². The summed E-state index contributed by atoms with van der Waals surface area (Å²) in [7, 11) is 1.42. The van der Waals surface area contributed by atoms with Gasteiger partial charge in [0.05, 0.1) is 7.11 Å². The van der Waals surface area contributed by atoms with Crippen LogP contribution in [0, 0.1) is 17.6 Å². The Labute approximate surface area is 209 Å². The fourth-order valence-electron chi connectivity index (χ4n) is 2.78. The van der Waals surface area contributed by atoms with Crippen molar-refractivity contribution in [3.8, 4) is 0 Å². The summed E-state index contributed by atoms with van der Waals surface area (Å²) in [5.41, 5.74) is 2.23. The summed E-state index contributed by atoms with van der Waals surface area (Å²) in [6.07, 6.45) is 3.36. The van der Waals surface area contributed by atoms with Gasteiger partial charge >= 0.3 is 11.9 Å². The Balaban J connectivity index is 0.000000342. The molecule has 2 aromatic rings. The lowest BCUT2D eigenvalue weighted by Crippen LogP contribution is -2.07. The number of ether oxygens (including phenoxy) is 1. The molecule has 0 radical (unpaired) electrons. The van der Waals surface area contributed by atoms with Crippen molar-refractivity contribution in [2.24, 2.45) is 5.92 Å². The van der Waals surface area contributed by atoms with Gasteiger partial charge in [-0.25, -0.2) is 8.78 Å². The average molecular weight is 513 g/mol. The van der Waals surface area contributed by atoms with Crippen LogP contribution in [0.15, 0.2) is 48.5 Å². The Bertz CT molecular complexity index is 830. The van der Waals surface area contributed by atoms with Crippen LogP contribution in [0.4, 0.5) is 8.78 Å². The van der Waals surface area contributed by atoms with E-state index < -0.39 is 5.97 Å². The van der Waals surface area contributed by atoms with E-state index in [4.69, 9.17) is 5.11 Å². The van der Waals surface area contributed by atoms with Gasteiger partial charge in [-0.05, 0) is 72.1 Å². The number of aliphatic carboxylic acids is 1. The van der Waals surface area contributed by atoms with Crippen LogP contribution >= 0.6 is 23.5 Å². The van der Waals surface area contributed by atoms with Gasteiger partial charge in [-0.1, -0.05) is 31.2 Å². The molecule has 2 aromatic carbocycles. The van der Waals surface area contributed by atoms with Crippen LogP contribution in [0.2, 0.25) is 0 Å². The molecule has 0 saturated heterocycles. The standard InChI is InChI=1S/C14H19FO2S.C12H15FO2S/c1-11(9-14(16)17-2)7-8-18-10-12-3-5-13(15)6-4-12;13-11-6-4-10(5-7-11)9-16-8-2-1-3-12(14)15/h3-6,11H,7-10H2,1-2H3;4-7H,1-3,8-9H2,(H,14,15). The second kappa shape index (κ2) is 18.3. The monoisotopic (exact) mass is 512 g/mol. The van der Waals surface area contributed by atoms with Gasteiger partial charge in [0.2, 0.25) is 0 Å². The van der Waals surface area contributed by atoms with E-state index in [0.717, 1.165) is 53.4 Å². The maximum Gasteiger partial charge on any atom is 0.305 e. The van der Waals surface area contributed by atoms with Crippen LogP contribution in [0.25, 0.3) is 0 Å². The first-order chi connectivity index (χ1) is 16.3. The molecule has 0 bridgehead atoms. The second-order valence-electron chi connectivity index (χ2n) is 7.88. The predicted molar refractivity (Wildman–Crippen MR) is 137 cm³/mol. The highest BCUT2D eigenvalue weighted by Crippen LogP contribution is 2.18. The van der Waals surface area contributed by atoms with E-state index in [0.29, 0.717) is 12.3 Å². The van der Waals surface area contributed by atoms with E-state index in [2.05, 4.69) is 11.7 Å². The van der Waals surface area contributed by atoms with Gasteiger partial charge in [-0.15, -0.1) is 0 Å². The van der Waals surface area contributed by atoms with Crippen molar-refractivity contribution in [2.45, 2.75) is 50.5 Å². The van der Waals surface area contributed by atoms with Gasteiger partial charge in [-0.3, -0.25) is 9.59 Å². The minimum Gasteiger partial charge on any atom is -0.481 e. The Morgan fingerprint density at radius 1 is 0.882 bits per heavy atom. The molecule has 34 heavy (non-hydrogen) atoms. The topological polar surface area (TPSA) is 63.6 Å². The van der Waals surface area contributed by atoms with Gasteiger partial charge in [0, 0.05) is 24.3 Å². The molecule has 0 aliphatic heterocycles. The number of carboxylic acid groups (broad SMARTS) is 1. The van der Waals surface area contributed by atoms with Crippen molar-refractivity contribution in [3.05, 3.63) is 71.3 Å². The highest BCUT2D eigenvalue weighted by Gasteiger charge is 2.08. The largest absolute Gasteiger partial charge is 0.481 e. The maximum atomic E-state index is 12.7. The molecule has 4 nitrogen and oxygen atoms in total. The number of unbranched alkanes of at least 4 members (excludes halogenated alkanes) is 1. The molecule has 188 valence electrons. The Morgan fingerprint density at radius 2 is 1.38 bits per heavy atom. The van der Waals surface area contributed by atoms with E-state index in [1.165, 1.54) is 31.4 Å². The van der Waals surface area contributed by atoms with Crippen molar-refractivity contribution < 1.29 is 28.2 Å². The normalized spacial score (nSPS) is 11.3. The number of thioether (sulfide) groups is 2. The van der Waals surface area contributed by atoms with Crippen LogP contribution in [-0.2, 0) is 25.8 Å². The lowest BCUT2D eigenvalue weighted by Gasteiger charge is -2.09. The number of benzene rings is 2. The SMILES string of the molecule is COC(=O)CC(C)CCSCc1ccc(F)cc1.O=C(O)CCCCSCc1ccc(F)cc1. The highest BCUT2D eigenvalue weighted by atomic mass is 32.2. The lowest BCUT2D eigenvalue weighted by atomic mass is 10.1. The van der Waals surface area contributed by atoms with E-state index >= 15 is 0 Å². The summed E-state index contributed by atoms with van der Waals surface area (Å²) < 4.78 is 29.9. The van der Waals surface area contributed by atoms with Crippen LogP contribution in [0.1, 0.15) is 50.2 Å². The summed E-state index contributed by atoms with van der Waals surface area (Å²) >= 11 is 3.55. The fourth-order valence-corrected chi connectivity index (χ4v) is 4.90. The van der Waals surface area contributed by atoms with E-state index in [-0.39, 0.29) is 24.0 Å². The molecular formula is C26H34F2O4S2. The molecule has 8 heteroatoms. The molecule has 0 spiro atoms. The van der Waals surface area contributed by atoms with Gasteiger partial charge < -0.3 is 9.84 Å². The average Bonchev–Trinajstić information content (AvgIpc) is 2.81. The molecule has 1 atom stereocenters. The third-order valence-corrected chi connectivity index (χ3v) is 6.97.